The van der Waals surface area contributed by atoms with Crippen LogP contribution in [-0.2, 0) is 0 Å². The molecule has 1 heterocycles. The van der Waals surface area contributed by atoms with E-state index in [1.165, 1.54) is 11.3 Å². The molecule has 98 valence electrons. The van der Waals surface area contributed by atoms with Gasteiger partial charge in [-0.15, -0.1) is 11.3 Å². The van der Waals surface area contributed by atoms with Gasteiger partial charge in [-0.1, -0.05) is 18.8 Å². The van der Waals surface area contributed by atoms with E-state index in [1.54, 1.807) is 0 Å². The predicted molar refractivity (Wildman–Crippen MR) is 80.2 cm³/mol. The van der Waals surface area contributed by atoms with Crippen LogP contribution in [0.3, 0.4) is 0 Å². The van der Waals surface area contributed by atoms with Gasteiger partial charge in [-0.05, 0) is 24.1 Å². The van der Waals surface area contributed by atoms with Crippen LogP contribution < -0.4 is 11.1 Å². The normalized spacial score (nSPS) is 11.5. The maximum Gasteiger partial charge on any atom is 0.262 e. The van der Waals surface area contributed by atoms with Gasteiger partial charge in [-0.25, -0.2) is 0 Å². The van der Waals surface area contributed by atoms with E-state index >= 15 is 0 Å². The molecule has 1 unspecified atom stereocenters. The number of carbonyl (C=O) groups is 1. The summed E-state index contributed by atoms with van der Waals surface area (Å²) >= 11 is 3.23. The Bertz CT molecular complexity index is 445. The highest BCUT2D eigenvalue weighted by molar-refractivity contribution is 7.99. The summed E-state index contributed by atoms with van der Waals surface area (Å²) in [5.41, 5.74) is 6.10. The van der Waals surface area contributed by atoms with Gasteiger partial charge in [0.1, 0.15) is 4.88 Å². The summed E-state index contributed by atoms with van der Waals surface area (Å²) in [5.74, 6) is 7.64. The number of hydrogen-bond donors (Lipinski definition) is 2. The molecule has 0 aliphatic carbocycles. The van der Waals surface area contributed by atoms with Crippen LogP contribution in [0.5, 0.6) is 0 Å². The highest BCUT2D eigenvalue weighted by atomic mass is 32.2. The van der Waals surface area contributed by atoms with E-state index in [0.29, 0.717) is 11.4 Å². The molecule has 0 spiro atoms. The van der Waals surface area contributed by atoms with Crippen LogP contribution in [0.25, 0.3) is 0 Å². The predicted octanol–water partition coefficient (Wildman–Crippen LogP) is 1.93. The zero-order valence-electron chi connectivity index (χ0n) is 10.7. The Balaban J connectivity index is 2.64. The molecule has 3 nitrogen and oxygen atoms in total. The van der Waals surface area contributed by atoms with Crippen LogP contribution in [0.2, 0.25) is 0 Å². The summed E-state index contributed by atoms with van der Waals surface area (Å²) in [4.78, 5) is 12.7. The molecule has 0 aromatic carbocycles. The average molecular weight is 282 g/mol. The molecule has 3 N–H and O–H groups in total. The standard InChI is InChI=1S/C13H18N2OS2/c1-3-17-9-10(2)15-13(16)12-11(5-4-7-14)6-8-18-12/h6,8,10H,3,7,9,14H2,1-2H3,(H,15,16). The lowest BCUT2D eigenvalue weighted by molar-refractivity contribution is 0.0947. The lowest BCUT2D eigenvalue weighted by Gasteiger charge is -2.12. The fraction of sp³-hybridized carbons (Fsp3) is 0.462. The Morgan fingerprint density at radius 3 is 3.11 bits per heavy atom. The van der Waals surface area contributed by atoms with Gasteiger partial charge in [-0.2, -0.15) is 11.8 Å². The number of hydrogen-bond acceptors (Lipinski definition) is 4. The number of thioether (sulfide) groups is 1. The minimum atomic E-state index is -0.0458. The number of thiophene rings is 1. The van der Waals surface area contributed by atoms with Crippen LogP contribution in [-0.4, -0.2) is 30.0 Å². The zero-order valence-corrected chi connectivity index (χ0v) is 12.3. The number of rotatable bonds is 5. The molecule has 1 aromatic rings. The van der Waals surface area contributed by atoms with Gasteiger partial charge in [0.05, 0.1) is 6.54 Å². The van der Waals surface area contributed by atoms with Crippen LogP contribution in [0, 0.1) is 11.8 Å². The maximum atomic E-state index is 12.1. The second kappa shape index (κ2) is 8.20. The monoisotopic (exact) mass is 282 g/mol. The van der Waals surface area contributed by atoms with Crippen LogP contribution >= 0.6 is 23.1 Å². The van der Waals surface area contributed by atoms with Gasteiger partial charge in [0, 0.05) is 17.4 Å². The topological polar surface area (TPSA) is 55.1 Å². The van der Waals surface area contributed by atoms with Crippen molar-refractivity contribution >= 4 is 29.0 Å². The highest BCUT2D eigenvalue weighted by Crippen LogP contribution is 2.16. The van der Waals surface area contributed by atoms with Crippen molar-refractivity contribution in [2.24, 2.45) is 5.73 Å². The van der Waals surface area contributed by atoms with Gasteiger partial charge in [-0.3, -0.25) is 4.79 Å². The van der Waals surface area contributed by atoms with Crippen LogP contribution in [0.15, 0.2) is 11.4 Å². The Kier molecular flexibility index (Phi) is 6.88. The fourth-order valence-electron chi connectivity index (χ4n) is 1.36. The molecule has 0 bridgehead atoms. The second-order valence-corrected chi connectivity index (χ2v) is 5.94. The minimum absolute atomic E-state index is 0.0458. The summed E-state index contributed by atoms with van der Waals surface area (Å²) in [6.45, 7) is 4.43. The Labute approximate surface area is 117 Å². The minimum Gasteiger partial charge on any atom is -0.348 e. The summed E-state index contributed by atoms with van der Waals surface area (Å²) in [6.07, 6.45) is 0. The van der Waals surface area contributed by atoms with Crippen molar-refractivity contribution < 1.29 is 4.79 Å². The van der Waals surface area contributed by atoms with E-state index < -0.39 is 0 Å². The average Bonchev–Trinajstić information content (AvgIpc) is 2.82. The molecule has 1 amide bonds. The van der Waals surface area contributed by atoms with E-state index in [0.717, 1.165) is 17.1 Å². The molecule has 1 atom stereocenters. The summed E-state index contributed by atoms with van der Waals surface area (Å²) in [7, 11) is 0. The third-order valence-corrected chi connectivity index (χ3v) is 4.20. The molecular weight excluding hydrogens is 264 g/mol. The summed E-state index contributed by atoms with van der Waals surface area (Å²) in [6, 6.07) is 2.02. The van der Waals surface area contributed by atoms with E-state index in [4.69, 9.17) is 5.73 Å². The number of amides is 1. The van der Waals surface area contributed by atoms with Gasteiger partial charge >= 0.3 is 0 Å². The van der Waals surface area contributed by atoms with Crippen molar-refractivity contribution in [1.82, 2.24) is 5.32 Å². The lowest BCUT2D eigenvalue weighted by Crippen LogP contribution is -2.34. The van der Waals surface area contributed by atoms with E-state index in [-0.39, 0.29) is 11.9 Å². The molecule has 1 rings (SSSR count). The summed E-state index contributed by atoms with van der Waals surface area (Å²) < 4.78 is 0. The fourth-order valence-corrected chi connectivity index (χ4v) is 2.78. The van der Waals surface area contributed by atoms with Gasteiger partial charge in [0.2, 0.25) is 0 Å². The first-order valence-electron chi connectivity index (χ1n) is 5.84. The van der Waals surface area contributed by atoms with Crippen molar-refractivity contribution in [3.8, 4) is 11.8 Å². The SMILES string of the molecule is CCSCC(C)NC(=O)c1sccc1C#CCN. The lowest BCUT2D eigenvalue weighted by atomic mass is 10.2. The highest BCUT2D eigenvalue weighted by Gasteiger charge is 2.14. The number of nitrogens with two attached hydrogens (primary N) is 1. The molecule has 18 heavy (non-hydrogen) atoms. The van der Waals surface area contributed by atoms with Gasteiger partial charge in [0.15, 0.2) is 0 Å². The van der Waals surface area contributed by atoms with Crippen molar-refractivity contribution in [2.45, 2.75) is 19.9 Å². The Morgan fingerprint density at radius 2 is 2.44 bits per heavy atom. The van der Waals surface area contributed by atoms with Crippen molar-refractivity contribution in [3.63, 3.8) is 0 Å². The molecule has 0 radical (unpaired) electrons. The summed E-state index contributed by atoms with van der Waals surface area (Å²) in [5, 5.41) is 4.86. The van der Waals surface area contributed by atoms with Crippen molar-refractivity contribution in [2.75, 3.05) is 18.1 Å². The smallest absolute Gasteiger partial charge is 0.262 e. The molecule has 0 saturated heterocycles. The first-order valence-corrected chi connectivity index (χ1v) is 7.87. The van der Waals surface area contributed by atoms with Crippen molar-refractivity contribution in [3.05, 3.63) is 21.9 Å². The second-order valence-electron chi connectivity index (χ2n) is 3.70. The largest absolute Gasteiger partial charge is 0.348 e. The molecule has 0 saturated carbocycles. The van der Waals surface area contributed by atoms with E-state index in [1.807, 2.05) is 30.1 Å². The van der Waals surface area contributed by atoms with Crippen LogP contribution in [0.4, 0.5) is 0 Å². The number of nitrogens with one attached hydrogen (secondary N) is 1. The molecule has 5 heteroatoms. The molecule has 1 aromatic heterocycles. The third-order valence-electron chi connectivity index (χ3n) is 2.15. The van der Waals surface area contributed by atoms with Crippen LogP contribution in [0.1, 0.15) is 29.1 Å². The Hall–Kier alpha value is -0.960. The van der Waals surface area contributed by atoms with E-state index in [9.17, 15) is 4.79 Å². The molecular formula is C13H18N2OS2. The van der Waals surface area contributed by atoms with Gasteiger partial charge < -0.3 is 11.1 Å². The quantitative estimate of drug-likeness (QED) is 0.811. The molecule has 0 aliphatic heterocycles. The Morgan fingerprint density at radius 1 is 1.67 bits per heavy atom. The zero-order chi connectivity index (χ0) is 13.4. The maximum absolute atomic E-state index is 12.1. The molecule has 0 aliphatic rings. The first-order chi connectivity index (χ1) is 8.69. The van der Waals surface area contributed by atoms with Crippen molar-refractivity contribution in [1.29, 1.82) is 0 Å². The number of carbonyl (C=O) groups excluding carboxylic acids is 1. The molecule has 0 fully saturated rings. The first kappa shape index (κ1) is 15.1. The van der Waals surface area contributed by atoms with Gasteiger partial charge in [0.25, 0.3) is 5.91 Å². The third kappa shape index (κ3) is 4.73. The van der Waals surface area contributed by atoms with E-state index in [2.05, 4.69) is 24.1 Å².